The summed E-state index contributed by atoms with van der Waals surface area (Å²) in [6.45, 7) is 0.643. The van der Waals surface area contributed by atoms with Crippen molar-refractivity contribution in [2.24, 2.45) is 0 Å². The van der Waals surface area contributed by atoms with E-state index in [0.29, 0.717) is 24.3 Å². The number of hydrogen-bond acceptors (Lipinski definition) is 6. The molecule has 0 radical (unpaired) electrons. The minimum atomic E-state index is 0.490. The highest BCUT2D eigenvalue weighted by molar-refractivity contribution is 5.88. The van der Waals surface area contributed by atoms with Crippen molar-refractivity contribution in [3.8, 4) is 11.5 Å². The Morgan fingerprint density at radius 2 is 2.10 bits per heavy atom. The van der Waals surface area contributed by atoms with Crippen LogP contribution < -0.4 is 5.32 Å². The van der Waals surface area contributed by atoms with Gasteiger partial charge in [-0.1, -0.05) is 11.2 Å². The van der Waals surface area contributed by atoms with Gasteiger partial charge in [-0.2, -0.15) is 4.98 Å². The molecule has 0 aliphatic heterocycles. The maximum atomic E-state index is 5.34. The number of benzene rings is 1. The van der Waals surface area contributed by atoms with E-state index in [4.69, 9.17) is 4.52 Å². The third-order valence-corrected chi connectivity index (χ3v) is 3.32. The highest BCUT2D eigenvalue weighted by atomic mass is 16.5. The van der Waals surface area contributed by atoms with Crippen LogP contribution in [0, 0.1) is 0 Å². The molecule has 1 aliphatic rings. The van der Waals surface area contributed by atoms with Crippen LogP contribution in [0.25, 0.3) is 22.5 Å². The third kappa shape index (κ3) is 2.14. The first kappa shape index (κ1) is 11.5. The molecule has 20 heavy (non-hydrogen) atoms. The Kier molecular flexibility index (Phi) is 2.67. The zero-order valence-electron chi connectivity index (χ0n) is 10.8. The predicted octanol–water partition coefficient (Wildman–Crippen LogP) is 1.93. The Labute approximate surface area is 115 Å². The average molecular weight is 267 g/mol. The van der Waals surface area contributed by atoms with Gasteiger partial charge in [0.05, 0.1) is 17.6 Å². The fourth-order valence-corrected chi connectivity index (χ4v) is 2.12. The minimum Gasteiger partial charge on any atom is -0.334 e. The van der Waals surface area contributed by atoms with Crippen molar-refractivity contribution in [3.05, 3.63) is 36.4 Å². The second-order valence-electron chi connectivity index (χ2n) is 4.90. The fraction of sp³-hybridized carbons (Fsp3) is 0.286. The van der Waals surface area contributed by atoms with Crippen molar-refractivity contribution in [1.29, 1.82) is 0 Å². The van der Waals surface area contributed by atoms with Crippen LogP contribution in [0.2, 0.25) is 0 Å². The molecule has 1 fully saturated rings. The van der Waals surface area contributed by atoms with Crippen molar-refractivity contribution in [1.82, 2.24) is 25.4 Å². The van der Waals surface area contributed by atoms with Crippen LogP contribution in [0.1, 0.15) is 18.7 Å². The van der Waals surface area contributed by atoms with Gasteiger partial charge in [-0.3, -0.25) is 9.97 Å². The van der Waals surface area contributed by atoms with Gasteiger partial charge in [0.2, 0.25) is 0 Å². The largest absolute Gasteiger partial charge is 0.334 e. The molecular formula is C14H13N5O. The molecule has 6 nitrogen and oxygen atoms in total. The molecule has 1 saturated carbocycles. The summed E-state index contributed by atoms with van der Waals surface area (Å²) in [4.78, 5) is 13.0. The smallest absolute Gasteiger partial charge is 0.260 e. The van der Waals surface area contributed by atoms with Crippen LogP contribution in [0.15, 0.2) is 35.1 Å². The molecule has 0 bridgehead atoms. The van der Waals surface area contributed by atoms with E-state index in [1.165, 1.54) is 12.8 Å². The summed E-state index contributed by atoms with van der Waals surface area (Å²) in [7, 11) is 0. The van der Waals surface area contributed by atoms with Gasteiger partial charge in [0.1, 0.15) is 5.52 Å². The van der Waals surface area contributed by atoms with Gasteiger partial charge < -0.3 is 9.84 Å². The number of nitrogens with one attached hydrogen (secondary N) is 1. The third-order valence-electron chi connectivity index (χ3n) is 3.32. The molecule has 0 saturated heterocycles. The lowest BCUT2D eigenvalue weighted by molar-refractivity contribution is 0.419. The molecule has 0 spiro atoms. The SMILES string of the molecule is c1cc(-c2nc(CNC3CC3)no2)c2nccnc2c1. The van der Waals surface area contributed by atoms with Gasteiger partial charge in [-0.15, -0.1) is 0 Å². The van der Waals surface area contributed by atoms with E-state index in [-0.39, 0.29) is 0 Å². The molecule has 1 aliphatic carbocycles. The fourth-order valence-electron chi connectivity index (χ4n) is 2.12. The summed E-state index contributed by atoms with van der Waals surface area (Å²) in [6.07, 6.45) is 5.82. The van der Waals surface area contributed by atoms with Crippen molar-refractivity contribution in [3.63, 3.8) is 0 Å². The van der Waals surface area contributed by atoms with Crippen molar-refractivity contribution in [2.45, 2.75) is 25.4 Å². The van der Waals surface area contributed by atoms with Crippen LogP contribution in [0.3, 0.4) is 0 Å². The number of fused-ring (bicyclic) bond motifs is 1. The predicted molar refractivity (Wildman–Crippen MR) is 72.7 cm³/mol. The Bertz CT molecular complexity index is 745. The number of hydrogen-bond donors (Lipinski definition) is 1. The highest BCUT2D eigenvalue weighted by Gasteiger charge is 2.21. The first-order chi connectivity index (χ1) is 9.90. The second kappa shape index (κ2) is 4.64. The second-order valence-corrected chi connectivity index (χ2v) is 4.90. The molecule has 1 aromatic carbocycles. The zero-order chi connectivity index (χ0) is 13.4. The van der Waals surface area contributed by atoms with Gasteiger partial charge in [-0.05, 0) is 25.0 Å². The van der Waals surface area contributed by atoms with E-state index in [2.05, 4.69) is 25.4 Å². The summed E-state index contributed by atoms with van der Waals surface area (Å²) < 4.78 is 5.34. The van der Waals surface area contributed by atoms with Crippen LogP contribution in [-0.4, -0.2) is 26.2 Å². The molecular weight excluding hydrogens is 254 g/mol. The molecule has 0 unspecified atom stereocenters. The van der Waals surface area contributed by atoms with Crippen molar-refractivity contribution in [2.75, 3.05) is 0 Å². The summed E-state index contributed by atoms with van der Waals surface area (Å²) in [5.41, 5.74) is 2.42. The Hall–Kier alpha value is -2.34. The van der Waals surface area contributed by atoms with E-state index in [1.54, 1.807) is 12.4 Å². The average Bonchev–Trinajstić information content (AvgIpc) is 3.21. The van der Waals surface area contributed by atoms with Gasteiger partial charge in [0.15, 0.2) is 5.82 Å². The maximum absolute atomic E-state index is 5.34. The number of aromatic nitrogens is 4. The Morgan fingerprint density at radius 3 is 3.00 bits per heavy atom. The monoisotopic (exact) mass is 267 g/mol. The molecule has 6 heteroatoms. The van der Waals surface area contributed by atoms with Crippen molar-refractivity contribution >= 4 is 11.0 Å². The lowest BCUT2D eigenvalue weighted by Crippen LogP contribution is -2.16. The number of nitrogens with zero attached hydrogens (tertiary/aromatic N) is 4. The van der Waals surface area contributed by atoms with E-state index < -0.39 is 0 Å². The van der Waals surface area contributed by atoms with E-state index >= 15 is 0 Å². The van der Waals surface area contributed by atoms with Gasteiger partial charge >= 0.3 is 0 Å². The zero-order valence-corrected chi connectivity index (χ0v) is 10.8. The molecule has 3 aromatic rings. The van der Waals surface area contributed by atoms with Crippen molar-refractivity contribution < 1.29 is 4.52 Å². The van der Waals surface area contributed by atoms with Gasteiger partial charge in [0.25, 0.3) is 5.89 Å². The summed E-state index contributed by atoms with van der Waals surface area (Å²) >= 11 is 0. The van der Waals surface area contributed by atoms with E-state index in [9.17, 15) is 0 Å². The normalized spacial score (nSPS) is 14.8. The topological polar surface area (TPSA) is 76.7 Å². The standard InChI is InChI=1S/C14H13N5O/c1-2-10(13-11(3-1)15-6-7-16-13)14-18-12(19-20-14)8-17-9-4-5-9/h1-3,6-7,9,17H,4-5,8H2. The van der Waals surface area contributed by atoms with Gasteiger partial charge in [0, 0.05) is 18.4 Å². The summed E-state index contributed by atoms with van der Waals surface area (Å²) in [5.74, 6) is 1.16. The molecule has 0 atom stereocenters. The molecule has 2 heterocycles. The summed E-state index contributed by atoms with van der Waals surface area (Å²) in [5, 5.41) is 7.36. The summed E-state index contributed by atoms with van der Waals surface area (Å²) in [6, 6.07) is 6.37. The first-order valence-corrected chi connectivity index (χ1v) is 6.66. The number of para-hydroxylation sites is 1. The molecule has 2 aromatic heterocycles. The van der Waals surface area contributed by atoms with E-state index in [0.717, 1.165) is 16.6 Å². The van der Waals surface area contributed by atoms with Crippen LogP contribution in [-0.2, 0) is 6.54 Å². The molecule has 1 N–H and O–H groups in total. The molecule has 0 amide bonds. The maximum Gasteiger partial charge on any atom is 0.260 e. The molecule has 4 rings (SSSR count). The highest BCUT2D eigenvalue weighted by Crippen LogP contribution is 2.24. The minimum absolute atomic E-state index is 0.490. The van der Waals surface area contributed by atoms with Crippen LogP contribution in [0.4, 0.5) is 0 Å². The lowest BCUT2D eigenvalue weighted by atomic mass is 10.2. The first-order valence-electron chi connectivity index (χ1n) is 6.66. The van der Waals surface area contributed by atoms with Crippen LogP contribution >= 0.6 is 0 Å². The van der Waals surface area contributed by atoms with Gasteiger partial charge in [-0.25, -0.2) is 0 Å². The number of rotatable bonds is 4. The molecule has 100 valence electrons. The van der Waals surface area contributed by atoms with Crippen LogP contribution in [0.5, 0.6) is 0 Å². The quantitative estimate of drug-likeness (QED) is 0.778. The van der Waals surface area contributed by atoms with E-state index in [1.807, 2.05) is 18.2 Å². The Balaban J connectivity index is 1.67. The lowest BCUT2D eigenvalue weighted by Gasteiger charge is -1.99. The Morgan fingerprint density at radius 1 is 1.20 bits per heavy atom.